The van der Waals surface area contributed by atoms with Gasteiger partial charge in [0.25, 0.3) is 0 Å². The minimum absolute atomic E-state index is 0.0379. The molecule has 0 saturated carbocycles. The van der Waals surface area contributed by atoms with Gasteiger partial charge in [-0.3, -0.25) is 14.6 Å². The molecule has 0 N–H and O–H groups in total. The molecular formula is C15H14F3NO3. The molecule has 1 aliphatic heterocycles. The summed E-state index contributed by atoms with van der Waals surface area (Å²) >= 11 is 0. The van der Waals surface area contributed by atoms with E-state index in [1.54, 1.807) is 6.92 Å². The molecule has 1 atom stereocenters. The average Bonchev–Trinajstić information content (AvgIpc) is 2.97. The van der Waals surface area contributed by atoms with E-state index in [1.165, 1.54) is 0 Å². The number of Topliss-reactive ketones (excluding diaryl/α,β-unsaturated/α-hetero) is 1. The molecule has 22 heavy (non-hydrogen) atoms. The van der Waals surface area contributed by atoms with E-state index in [0.29, 0.717) is 25.5 Å². The molecule has 1 unspecified atom stereocenters. The maximum atomic E-state index is 13.8. The smallest absolute Gasteiger partial charge is 0.322 e. The molecule has 0 aliphatic carbocycles. The Morgan fingerprint density at radius 1 is 1.23 bits per heavy atom. The summed E-state index contributed by atoms with van der Waals surface area (Å²) in [6, 6.07) is 0.732. The first-order valence-electron chi connectivity index (χ1n) is 6.84. The van der Waals surface area contributed by atoms with E-state index < -0.39 is 40.7 Å². The molecule has 1 aromatic rings. The lowest BCUT2D eigenvalue weighted by molar-refractivity contribution is -0.144. The number of halogens is 3. The molecule has 0 saturated heterocycles. The summed E-state index contributed by atoms with van der Waals surface area (Å²) in [5, 5.41) is 0. The lowest BCUT2D eigenvalue weighted by Crippen LogP contribution is -2.33. The van der Waals surface area contributed by atoms with E-state index in [2.05, 4.69) is 4.99 Å². The lowest BCUT2D eigenvalue weighted by atomic mass is 9.91. The Balaban J connectivity index is 2.41. The second-order valence-corrected chi connectivity index (χ2v) is 4.77. The molecule has 0 spiro atoms. The molecule has 2 rings (SSSR count). The summed E-state index contributed by atoms with van der Waals surface area (Å²) in [6.45, 7) is 2.06. The highest BCUT2D eigenvalue weighted by Crippen LogP contribution is 2.22. The Kier molecular flexibility index (Phi) is 4.95. The van der Waals surface area contributed by atoms with E-state index in [4.69, 9.17) is 4.74 Å². The van der Waals surface area contributed by atoms with Crippen molar-refractivity contribution in [3.8, 4) is 0 Å². The molecule has 4 nitrogen and oxygen atoms in total. The molecule has 118 valence electrons. The quantitative estimate of drug-likeness (QED) is 0.363. The molecule has 0 radical (unpaired) electrons. The number of hydrogen-bond donors (Lipinski definition) is 0. The number of carbonyl (C=O) groups is 2. The van der Waals surface area contributed by atoms with Gasteiger partial charge in [-0.1, -0.05) is 0 Å². The third-order valence-electron chi connectivity index (χ3n) is 3.30. The summed E-state index contributed by atoms with van der Waals surface area (Å²) in [5.74, 6) is -7.24. The fraction of sp³-hybridized carbons (Fsp3) is 0.400. The molecule has 0 aromatic heterocycles. The summed E-state index contributed by atoms with van der Waals surface area (Å²) in [4.78, 5) is 28.5. The summed E-state index contributed by atoms with van der Waals surface area (Å²) < 4.78 is 44.8. The van der Waals surface area contributed by atoms with Crippen LogP contribution in [0.4, 0.5) is 13.2 Å². The fourth-order valence-corrected chi connectivity index (χ4v) is 2.28. The van der Waals surface area contributed by atoms with E-state index in [9.17, 15) is 22.8 Å². The molecule has 1 heterocycles. The number of aliphatic imine (C=N–C) groups is 1. The van der Waals surface area contributed by atoms with Gasteiger partial charge >= 0.3 is 5.97 Å². The zero-order valence-corrected chi connectivity index (χ0v) is 11.9. The molecule has 0 amide bonds. The zero-order chi connectivity index (χ0) is 16.3. The van der Waals surface area contributed by atoms with Crippen molar-refractivity contribution in [2.24, 2.45) is 10.9 Å². The molecule has 1 aromatic carbocycles. The normalized spacial score (nSPS) is 15.4. The van der Waals surface area contributed by atoms with Gasteiger partial charge in [-0.2, -0.15) is 0 Å². The summed E-state index contributed by atoms with van der Waals surface area (Å²) in [6.07, 6.45) is 1.07. The van der Waals surface area contributed by atoms with E-state index in [1.807, 2.05) is 0 Å². The first-order valence-corrected chi connectivity index (χ1v) is 6.84. The zero-order valence-electron chi connectivity index (χ0n) is 11.9. The number of hydrogen-bond acceptors (Lipinski definition) is 4. The molecule has 7 heteroatoms. The summed E-state index contributed by atoms with van der Waals surface area (Å²) in [5.41, 5.74) is -0.404. The number of rotatable bonds is 5. The minimum Gasteiger partial charge on any atom is -0.465 e. The van der Waals surface area contributed by atoms with Crippen LogP contribution in [0.3, 0.4) is 0 Å². The molecular weight excluding hydrogens is 299 g/mol. The molecule has 0 bridgehead atoms. The predicted octanol–water partition coefficient (Wildman–Crippen LogP) is 2.70. The highest BCUT2D eigenvalue weighted by atomic mass is 19.2. The van der Waals surface area contributed by atoms with Gasteiger partial charge in [-0.15, -0.1) is 0 Å². The van der Waals surface area contributed by atoms with Crippen LogP contribution in [-0.2, 0) is 9.53 Å². The topological polar surface area (TPSA) is 55.7 Å². The Bertz CT molecular complexity index is 643. The average molecular weight is 313 g/mol. The van der Waals surface area contributed by atoms with Crippen LogP contribution >= 0.6 is 0 Å². The SMILES string of the molecule is CCOC(=O)C(C(=O)c1cc(F)c(F)cc1F)C1=NCCC1. The fourth-order valence-electron chi connectivity index (χ4n) is 2.28. The third kappa shape index (κ3) is 3.18. The van der Waals surface area contributed by atoms with Crippen molar-refractivity contribution in [2.75, 3.05) is 13.2 Å². The number of nitrogens with zero attached hydrogens (tertiary/aromatic N) is 1. The Morgan fingerprint density at radius 3 is 2.50 bits per heavy atom. The van der Waals surface area contributed by atoms with Crippen LogP contribution in [0.5, 0.6) is 0 Å². The summed E-state index contributed by atoms with van der Waals surface area (Å²) in [7, 11) is 0. The van der Waals surface area contributed by atoms with Crippen LogP contribution < -0.4 is 0 Å². The first-order chi connectivity index (χ1) is 10.5. The minimum atomic E-state index is -1.41. The van der Waals surface area contributed by atoms with Crippen molar-refractivity contribution in [2.45, 2.75) is 19.8 Å². The number of ether oxygens (including phenoxy) is 1. The Labute approximate surface area is 125 Å². The van der Waals surface area contributed by atoms with Gasteiger partial charge in [0.2, 0.25) is 0 Å². The number of benzene rings is 1. The largest absolute Gasteiger partial charge is 0.465 e. The van der Waals surface area contributed by atoms with Gasteiger partial charge in [0.05, 0.1) is 12.2 Å². The second-order valence-electron chi connectivity index (χ2n) is 4.77. The van der Waals surface area contributed by atoms with Crippen LogP contribution in [0.15, 0.2) is 17.1 Å². The van der Waals surface area contributed by atoms with E-state index in [-0.39, 0.29) is 18.4 Å². The number of esters is 1. The van der Waals surface area contributed by atoms with Crippen molar-refractivity contribution in [1.82, 2.24) is 0 Å². The van der Waals surface area contributed by atoms with Crippen molar-refractivity contribution < 1.29 is 27.5 Å². The van der Waals surface area contributed by atoms with E-state index in [0.717, 1.165) is 0 Å². The van der Waals surface area contributed by atoms with Crippen LogP contribution in [0.1, 0.15) is 30.1 Å². The van der Waals surface area contributed by atoms with Crippen molar-refractivity contribution >= 4 is 17.5 Å². The van der Waals surface area contributed by atoms with Gasteiger partial charge in [-0.25, -0.2) is 13.2 Å². The van der Waals surface area contributed by atoms with Gasteiger partial charge in [0, 0.05) is 18.3 Å². The van der Waals surface area contributed by atoms with Crippen LogP contribution in [0.2, 0.25) is 0 Å². The van der Waals surface area contributed by atoms with Crippen LogP contribution in [0, 0.1) is 23.4 Å². The second kappa shape index (κ2) is 6.72. The maximum absolute atomic E-state index is 13.8. The van der Waals surface area contributed by atoms with Crippen molar-refractivity contribution in [3.63, 3.8) is 0 Å². The van der Waals surface area contributed by atoms with Crippen molar-refractivity contribution in [3.05, 3.63) is 35.1 Å². The lowest BCUT2D eigenvalue weighted by Gasteiger charge is -2.15. The highest BCUT2D eigenvalue weighted by Gasteiger charge is 2.36. The number of ketones is 1. The van der Waals surface area contributed by atoms with Crippen molar-refractivity contribution in [1.29, 1.82) is 0 Å². The first kappa shape index (κ1) is 16.2. The van der Waals surface area contributed by atoms with Crippen LogP contribution in [0.25, 0.3) is 0 Å². The van der Waals surface area contributed by atoms with E-state index >= 15 is 0 Å². The van der Waals surface area contributed by atoms with Gasteiger partial charge in [0.1, 0.15) is 5.82 Å². The monoisotopic (exact) mass is 313 g/mol. The Morgan fingerprint density at radius 2 is 1.91 bits per heavy atom. The third-order valence-corrected chi connectivity index (χ3v) is 3.30. The highest BCUT2D eigenvalue weighted by molar-refractivity contribution is 6.24. The van der Waals surface area contributed by atoms with Gasteiger partial charge in [0.15, 0.2) is 23.3 Å². The van der Waals surface area contributed by atoms with Gasteiger partial charge in [-0.05, 0) is 25.8 Å². The Hall–Kier alpha value is -2.18. The molecule has 0 fully saturated rings. The standard InChI is InChI=1S/C15H14F3NO3/c1-2-22-15(21)13(12-4-3-5-19-12)14(20)8-6-10(17)11(18)7-9(8)16/h6-7,13H,2-5H2,1H3. The predicted molar refractivity (Wildman–Crippen MR) is 72.3 cm³/mol. The number of carbonyl (C=O) groups excluding carboxylic acids is 2. The van der Waals surface area contributed by atoms with Crippen LogP contribution in [-0.4, -0.2) is 30.6 Å². The van der Waals surface area contributed by atoms with Gasteiger partial charge < -0.3 is 4.74 Å². The maximum Gasteiger partial charge on any atom is 0.322 e. The molecule has 1 aliphatic rings.